The average Bonchev–Trinajstić information content (AvgIpc) is 3.71. The Morgan fingerprint density at radius 2 is 1.87 bits per heavy atom. The van der Waals surface area contributed by atoms with Crippen LogP contribution >= 0.6 is 7.37 Å². The van der Waals surface area contributed by atoms with Crippen LogP contribution in [0.2, 0.25) is 0 Å². The average molecular weight is 543 g/mol. The first-order valence-corrected chi connectivity index (χ1v) is 16.6. The number of anilines is 1. The van der Waals surface area contributed by atoms with Crippen LogP contribution in [-0.2, 0) is 11.0 Å². The van der Waals surface area contributed by atoms with Gasteiger partial charge in [-0.25, -0.2) is 4.98 Å². The second-order valence-electron chi connectivity index (χ2n) is 12.8. The van der Waals surface area contributed by atoms with Crippen molar-refractivity contribution in [2.24, 2.45) is 17.3 Å². The molecule has 0 spiro atoms. The van der Waals surface area contributed by atoms with E-state index in [1.54, 1.807) is 13.3 Å². The minimum atomic E-state index is -3.08. The molecule has 1 aliphatic carbocycles. The number of benzene rings is 1. The Bertz CT molecular complexity index is 1100. The molecule has 6 nitrogen and oxygen atoms in total. The molecular weight excluding hydrogens is 495 g/mol. The van der Waals surface area contributed by atoms with Crippen LogP contribution < -0.4 is 14.4 Å². The lowest BCUT2D eigenvalue weighted by molar-refractivity contribution is 0.216. The zero-order chi connectivity index (χ0) is 27.3. The van der Waals surface area contributed by atoms with Crippen LogP contribution in [0.5, 0.6) is 11.6 Å². The third-order valence-electron chi connectivity index (χ3n) is 8.00. The summed E-state index contributed by atoms with van der Waals surface area (Å²) in [6.07, 6.45) is 10.0. The van der Waals surface area contributed by atoms with Gasteiger partial charge >= 0.3 is 0 Å². The Balaban J connectivity index is 1.33. The first kappa shape index (κ1) is 29.0. The maximum Gasteiger partial charge on any atom is 0.213 e. The molecule has 7 heteroatoms. The third-order valence-corrected chi connectivity index (χ3v) is 9.07. The van der Waals surface area contributed by atoms with Crippen molar-refractivity contribution in [3.8, 4) is 11.6 Å². The Morgan fingerprint density at radius 1 is 1.13 bits per heavy atom. The van der Waals surface area contributed by atoms with Gasteiger partial charge in [0.25, 0.3) is 0 Å². The molecule has 2 aliphatic rings. The van der Waals surface area contributed by atoms with Gasteiger partial charge < -0.3 is 19.3 Å². The molecule has 0 amide bonds. The standard InChI is InChI=1S/C31H47N2O4P/c1-31(2,3)15-6-7-25-10-11-27(36-4)20-29(25)33-17-13-23(14-18-33)21-37-30-19-26(12-16-32-30)28(24-8-9-24)22-38(5,34)35/h10-12,16,19-20,23-24,28H,6-9,13-15,17-18,21-22H2,1-5H3,(H,34,35). The topological polar surface area (TPSA) is 71.9 Å². The van der Waals surface area contributed by atoms with Gasteiger partial charge in [0.05, 0.1) is 13.7 Å². The predicted octanol–water partition coefficient (Wildman–Crippen LogP) is 7.15. The largest absolute Gasteiger partial charge is 0.497 e. The quantitative estimate of drug-likeness (QED) is 0.287. The molecular formula is C31H47N2O4P. The SMILES string of the molecule is COc1ccc(CCCC(C)(C)C)c(N2CCC(COc3cc(C(CP(C)(=O)O)C4CC4)ccn3)CC2)c1. The van der Waals surface area contributed by atoms with Crippen LogP contribution in [0.25, 0.3) is 0 Å². The Kier molecular flexibility index (Phi) is 9.47. The van der Waals surface area contributed by atoms with E-state index in [9.17, 15) is 9.46 Å². The van der Waals surface area contributed by atoms with E-state index in [2.05, 4.69) is 48.9 Å². The minimum absolute atomic E-state index is 0.116. The van der Waals surface area contributed by atoms with Crippen molar-refractivity contribution in [2.45, 2.75) is 71.6 Å². The predicted molar refractivity (Wildman–Crippen MR) is 156 cm³/mol. The molecule has 1 N–H and O–H groups in total. The van der Waals surface area contributed by atoms with E-state index in [0.29, 0.717) is 35.9 Å². The summed E-state index contributed by atoms with van der Waals surface area (Å²) in [4.78, 5) is 17.0. The fraction of sp³-hybridized carbons (Fsp3) is 0.645. The number of aromatic nitrogens is 1. The van der Waals surface area contributed by atoms with Crippen molar-refractivity contribution in [3.05, 3.63) is 47.7 Å². The highest BCUT2D eigenvalue weighted by molar-refractivity contribution is 7.57. The van der Waals surface area contributed by atoms with Crippen LogP contribution in [-0.4, -0.2) is 49.5 Å². The van der Waals surface area contributed by atoms with E-state index in [-0.39, 0.29) is 5.92 Å². The molecule has 1 aromatic heterocycles. The monoisotopic (exact) mass is 542 g/mol. The number of aryl methyl sites for hydroxylation is 1. The Hall–Kier alpha value is -2.04. The molecule has 210 valence electrons. The fourth-order valence-corrected chi connectivity index (χ4v) is 6.89. The first-order chi connectivity index (χ1) is 18.0. The van der Waals surface area contributed by atoms with E-state index in [0.717, 1.165) is 56.5 Å². The molecule has 1 saturated carbocycles. The van der Waals surface area contributed by atoms with Gasteiger partial charge in [-0.05, 0) is 91.4 Å². The minimum Gasteiger partial charge on any atom is -0.497 e. The lowest BCUT2D eigenvalue weighted by atomic mass is 9.88. The van der Waals surface area contributed by atoms with Crippen LogP contribution in [0, 0.1) is 17.3 Å². The van der Waals surface area contributed by atoms with E-state index in [1.165, 1.54) is 30.8 Å². The lowest BCUT2D eigenvalue weighted by Crippen LogP contribution is -2.36. The molecule has 2 heterocycles. The molecule has 4 rings (SSSR count). The summed E-state index contributed by atoms with van der Waals surface area (Å²) in [5.74, 6) is 2.66. The molecule has 0 bridgehead atoms. The highest BCUT2D eigenvalue weighted by Gasteiger charge is 2.35. The zero-order valence-electron chi connectivity index (χ0n) is 24.0. The van der Waals surface area contributed by atoms with Gasteiger partial charge in [0.15, 0.2) is 7.37 Å². The van der Waals surface area contributed by atoms with E-state index < -0.39 is 7.37 Å². The Labute approximate surface area is 229 Å². The molecule has 0 radical (unpaired) electrons. The van der Waals surface area contributed by atoms with E-state index >= 15 is 0 Å². The van der Waals surface area contributed by atoms with E-state index in [4.69, 9.17) is 9.47 Å². The van der Waals surface area contributed by atoms with Gasteiger partial charge in [0.1, 0.15) is 5.75 Å². The van der Waals surface area contributed by atoms with Crippen molar-refractivity contribution < 1.29 is 18.9 Å². The summed E-state index contributed by atoms with van der Waals surface area (Å²) in [6.45, 7) is 11.1. The van der Waals surface area contributed by atoms with Crippen LogP contribution in [0.3, 0.4) is 0 Å². The third kappa shape index (κ3) is 8.74. The molecule has 1 aliphatic heterocycles. The van der Waals surface area contributed by atoms with E-state index in [1.807, 2.05) is 12.1 Å². The summed E-state index contributed by atoms with van der Waals surface area (Å²) < 4.78 is 23.9. The molecule has 2 aromatic rings. The van der Waals surface area contributed by atoms with Gasteiger partial charge in [-0.15, -0.1) is 0 Å². The summed E-state index contributed by atoms with van der Waals surface area (Å²) in [5, 5.41) is 0. The summed E-state index contributed by atoms with van der Waals surface area (Å²) in [6, 6.07) is 10.5. The van der Waals surface area contributed by atoms with Crippen molar-refractivity contribution in [1.29, 1.82) is 0 Å². The van der Waals surface area contributed by atoms with Crippen LogP contribution in [0.15, 0.2) is 36.5 Å². The normalized spacial score (nSPS) is 19.2. The van der Waals surface area contributed by atoms with Crippen LogP contribution in [0.1, 0.15) is 76.3 Å². The zero-order valence-corrected chi connectivity index (χ0v) is 24.9. The number of rotatable bonds is 12. The number of ether oxygens (including phenoxy) is 2. The highest BCUT2D eigenvalue weighted by atomic mass is 31.2. The van der Waals surface area contributed by atoms with Gasteiger partial charge in [0, 0.05) is 49.9 Å². The maximum atomic E-state index is 12.1. The lowest BCUT2D eigenvalue weighted by Gasteiger charge is -2.35. The van der Waals surface area contributed by atoms with Crippen molar-refractivity contribution in [2.75, 3.05) is 44.5 Å². The van der Waals surface area contributed by atoms with Gasteiger partial charge in [-0.3, -0.25) is 4.57 Å². The molecule has 1 saturated heterocycles. The van der Waals surface area contributed by atoms with Crippen molar-refractivity contribution in [3.63, 3.8) is 0 Å². The summed E-state index contributed by atoms with van der Waals surface area (Å²) >= 11 is 0. The molecule has 1 aromatic carbocycles. The molecule has 2 unspecified atom stereocenters. The van der Waals surface area contributed by atoms with Gasteiger partial charge in [0.2, 0.25) is 5.88 Å². The highest BCUT2D eigenvalue weighted by Crippen LogP contribution is 2.50. The number of hydrogen-bond acceptors (Lipinski definition) is 5. The number of methoxy groups -OCH3 is 1. The van der Waals surface area contributed by atoms with Crippen molar-refractivity contribution >= 4 is 13.1 Å². The molecule has 38 heavy (non-hydrogen) atoms. The second-order valence-corrected chi connectivity index (χ2v) is 15.2. The van der Waals surface area contributed by atoms with Crippen LogP contribution in [0.4, 0.5) is 5.69 Å². The summed E-state index contributed by atoms with van der Waals surface area (Å²) in [5.41, 5.74) is 4.17. The smallest absolute Gasteiger partial charge is 0.213 e. The van der Waals surface area contributed by atoms with Gasteiger partial charge in [-0.1, -0.05) is 26.8 Å². The number of hydrogen-bond donors (Lipinski definition) is 1. The second kappa shape index (κ2) is 12.4. The Morgan fingerprint density at radius 3 is 2.50 bits per heavy atom. The number of piperidine rings is 1. The summed E-state index contributed by atoms with van der Waals surface area (Å²) in [7, 11) is -1.34. The first-order valence-electron chi connectivity index (χ1n) is 14.3. The maximum absolute atomic E-state index is 12.1. The number of nitrogens with zero attached hydrogens (tertiary/aromatic N) is 2. The molecule has 2 fully saturated rings. The number of pyridine rings is 1. The fourth-order valence-electron chi connectivity index (χ4n) is 5.65. The van der Waals surface area contributed by atoms with Crippen molar-refractivity contribution in [1.82, 2.24) is 4.98 Å². The van der Waals surface area contributed by atoms with Gasteiger partial charge in [-0.2, -0.15) is 0 Å². The molecule has 2 atom stereocenters.